The average Bonchev–Trinajstić information content (AvgIpc) is 2.60. The van der Waals surface area contributed by atoms with E-state index in [2.05, 4.69) is 24.4 Å². The Morgan fingerprint density at radius 3 is 2.80 bits per heavy atom. The molecule has 1 N–H and O–H groups in total. The third-order valence-electron chi connectivity index (χ3n) is 7.42. The Kier molecular flexibility index (Phi) is 4.29. The van der Waals surface area contributed by atoms with E-state index in [4.69, 9.17) is 4.74 Å². The highest BCUT2D eigenvalue weighted by molar-refractivity contribution is 5.73. The number of carbonyl (C=O) groups is 1. The van der Waals surface area contributed by atoms with Crippen molar-refractivity contribution in [3.05, 3.63) is 29.3 Å². The molecule has 25 heavy (non-hydrogen) atoms. The zero-order valence-corrected chi connectivity index (χ0v) is 15.8. The van der Waals surface area contributed by atoms with Crippen molar-refractivity contribution < 1.29 is 9.53 Å². The lowest BCUT2D eigenvalue weighted by Crippen LogP contribution is -2.46. The molecule has 0 unspecified atom stereocenters. The van der Waals surface area contributed by atoms with Crippen LogP contribution in [0.3, 0.4) is 0 Å². The minimum absolute atomic E-state index is 0.0763. The third-order valence-corrected chi connectivity index (χ3v) is 7.42. The molecule has 0 saturated heterocycles. The van der Waals surface area contributed by atoms with Gasteiger partial charge in [-0.2, -0.15) is 0 Å². The fourth-order valence-electron chi connectivity index (χ4n) is 6.26. The quantitative estimate of drug-likeness (QED) is 0.825. The highest BCUT2D eigenvalue weighted by Crippen LogP contribution is 2.61. The van der Waals surface area contributed by atoms with E-state index in [-0.39, 0.29) is 11.9 Å². The number of benzene rings is 1. The van der Waals surface area contributed by atoms with E-state index in [1.54, 1.807) is 14.0 Å². The Balaban J connectivity index is 1.75. The topological polar surface area (TPSA) is 38.3 Å². The van der Waals surface area contributed by atoms with Gasteiger partial charge in [-0.15, -0.1) is 0 Å². The van der Waals surface area contributed by atoms with Crippen molar-refractivity contribution in [3.63, 3.8) is 0 Å². The van der Waals surface area contributed by atoms with Crippen molar-refractivity contribution in [1.29, 1.82) is 0 Å². The Hall–Kier alpha value is -1.51. The van der Waals surface area contributed by atoms with E-state index in [1.807, 2.05) is 6.07 Å². The first-order valence-electron chi connectivity index (χ1n) is 9.97. The fourth-order valence-corrected chi connectivity index (χ4v) is 6.26. The molecule has 1 aromatic rings. The average molecular weight is 341 g/mol. The second-order valence-corrected chi connectivity index (χ2v) is 8.80. The van der Waals surface area contributed by atoms with Crippen molar-refractivity contribution in [2.75, 3.05) is 7.11 Å². The predicted octanol–water partition coefficient (Wildman–Crippen LogP) is 4.97. The Morgan fingerprint density at radius 2 is 2.04 bits per heavy atom. The summed E-state index contributed by atoms with van der Waals surface area (Å²) >= 11 is 0. The monoisotopic (exact) mass is 341 g/mol. The van der Waals surface area contributed by atoms with Gasteiger partial charge in [0.25, 0.3) is 0 Å². The summed E-state index contributed by atoms with van der Waals surface area (Å²) in [5.74, 6) is 3.14. The Bertz CT molecular complexity index is 670. The highest BCUT2D eigenvalue weighted by Gasteiger charge is 2.50. The third kappa shape index (κ3) is 2.86. The number of carbonyl (C=O) groups excluding carboxylic acids is 1. The molecule has 0 aromatic heterocycles. The summed E-state index contributed by atoms with van der Waals surface area (Å²) in [6.07, 6.45) is 9.25. The lowest BCUT2D eigenvalue weighted by atomic mass is 9.50. The maximum atomic E-state index is 11.8. The Labute approximate surface area is 151 Å². The number of rotatable bonds is 2. The van der Waals surface area contributed by atoms with Crippen LogP contribution in [-0.2, 0) is 4.79 Å². The van der Waals surface area contributed by atoms with E-state index in [0.717, 1.165) is 18.1 Å². The number of nitrogens with one attached hydrogen (secondary N) is 1. The van der Waals surface area contributed by atoms with Crippen LogP contribution in [0.25, 0.3) is 0 Å². The van der Waals surface area contributed by atoms with E-state index < -0.39 is 0 Å². The van der Waals surface area contributed by atoms with Gasteiger partial charge in [0.1, 0.15) is 5.75 Å². The van der Waals surface area contributed by atoms with Crippen LogP contribution in [0.5, 0.6) is 5.75 Å². The van der Waals surface area contributed by atoms with Crippen LogP contribution in [0.2, 0.25) is 0 Å². The molecule has 3 heteroatoms. The lowest BCUT2D eigenvalue weighted by molar-refractivity contribution is -0.120. The summed E-state index contributed by atoms with van der Waals surface area (Å²) in [6.45, 7) is 4.17. The summed E-state index contributed by atoms with van der Waals surface area (Å²) in [6, 6.07) is 6.62. The molecule has 1 aromatic carbocycles. The fraction of sp³-hybridized carbons (Fsp3) is 0.682. The van der Waals surface area contributed by atoms with Gasteiger partial charge in [-0.3, -0.25) is 4.79 Å². The van der Waals surface area contributed by atoms with Crippen LogP contribution in [0.15, 0.2) is 18.2 Å². The molecule has 2 fully saturated rings. The number of fused-ring (bicyclic) bond motifs is 5. The number of methoxy groups -OCH3 is 1. The molecule has 0 radical (unpaired) electrons. The summed E-state index contributed by atoms with van der Waals surface area (Å²) < 4.78 is 5.52. The van der Waals surface area contributed by atoms with Gasteiger partial charge in [-0.1, -0.05) is 25.8 Å². The van der Waals surface area contributed by atoms with Gasteiger partial charge >= 0.3 is 0 Å². The lowest BCUT2D eigenvalue weighted by Gasteiger charge is -2.55. The largest absolute Gasteiger partial charge is 0.497 e. The molecule has 0 spiro atoms. The van der Waals surface area contributed by atoms with Gasteiger partial charge in [0, 0.05) is 6.92 Å². The van der Waals surface area contributed by atoms with Crippen molar-refractivity contribution in [2.45, 2.75) is 70.8 Å². The molecule has 0 aliphatic heterocycles. The van der Waals surface area contributed by atoms with Crippen LogP contribution in [0.1, 0.15) is 81.9 Å². The van der Waals surface area contributed by atoms with Crippen molar-refractivity contribution in [2.24, 2.45) is 17.3 Å². The number of hydrogen-bond donors (Lipinski definition) is 1. The Morgan fingerprint density at radius 1 is 1.20 bits per heavy atom. The van der Waals surface area contributed by atoms with Gasteiger partial charge in [0.05, 0.1) is 13.2 Å². The second-order valence-electron chi connectivity index (χ2n) is 8.80. The van der Waals surface area contributed by atoms with Gasteiger partial charge in [0.2, 0.25) is 5.91 Å². The number of hydrogen-bond acceptors (Lipinski definition) is 2. The van der Waals surface area contributed by atoms with Gasteiger partial charge in [0.15, 0.2) is 0 Å². The molecule has 136 valence electrons. The molecular formula is C22H31NO2. The van der Waals surface area contributed by atoms with E-state index in [9.17, 15) is 4.79 Å². The number of amides is 1. The first-order valence-corrected chi connectivity index (χ1v) is 9.97. The summed E-state index contributed by atoms with van der Waals surface area (Å²) in [4.78, 5) is 11.8. The first-order chi connectivity index (χ1) is 12.0. The summed E-state index contributed by atoms with van der Waals surface area (Å²) in [5, 5.41) is 3.24. The number of ether oxygens (including phenoxy) is 1. The molecule has 5 atom stereocenters. The molecule has 2 saturated carbocycles. The zero-order chi connectivity index (χ0) is 17.6. The molecular weight excluding hydrogens is 310 g/mol. The maximum Gasteiger partial charge on any atom is 0.217 e. The van der Waals surface area contributed by atoms with Crippen LogP contribution < -0.4 is 10.1 Å². The van der Waals surface area contributed by atoms with E-state index in [0.29, 0.717) is 17.3 Å². The molecule has 3 aliphatic rings. The summed E-state index contributed by atoms with van der Waals surface area (Å²) in [7, 11) is 1.74. The standard InChI is InChI=1S/C22H31NO2/c1-14(24)23-21-13-19-16(18-12-15(25-3)7-8-17(18)21)9-11-22(2)10-5-4-6-20(19)22/h7-8,12,16,19-21H,4-6,9-11,13H2,1-3H3,(H,23,24)/t16-,19-,20+,21+,22+/m1/s1. The van der Waals surface area contributed by atoms with Crippen molar-refractivity contribution in [3.8, 4) is 5.75 Å². The van der Waals surface area contributed by atoms with E-state index in [1.165, 1.54) is 49.7 Å². The van der Waals surface area contributed by atoms with Gasteiger partial charge in [-0.25, -0.2) is 0 Å². The minimum atomic E-state index is 0.0763. The SMILES string of the molecule is COc1ccc2c(c1)[C@H]1CC[C@]3(C)CCCC[C@H]3[C@@H]1C[C@@H]2NC(C)=O. The first kappa shape index (κ1) is 16.9. The minimum Gasteiger partial charge on any atom is -0.497 e. The highest BCUT2D eigenvalue weighted by atomic mass is 16.5. The van der Waals surface area contributed by atoms with Gasteiger partial charge < -0.3 is 10.1 Å². The molecule has 3 nitrogen and oxygen atoms in total. The van der Waals surface area contributed by atoms with Crippen molar-refractivity contribution >= 4 is 5.91 Å². The molecule has 4 rings (SSSR count). The summed E-state index contributed by atoms with van der Waals surface area (Å²) in [5.41, 5.74) is 3.26. The van der Waals surface area contributed by atoms with Gasteiger partial charge in [-0.05, 0) is 78.5 Å². The van der Waals surface area contributed by atoms with Crippen LogP contribution >= 0.6 is 0 Å². The normalized spacial score (nSPS) is 36.6. The van der Waals surface area contributed by atoms with E-state index >= 15 is 0 Å². The second kappa shape index (κ2) is 6.34. The van der Waals surface area contributed by atoms with Crippen LogP contribution in [-0.4, -0.2) is 13.0 Å². The molecule has 3 aliphatic carbocycles. The zero-order valence-electron chi connectivity index (χ0n) is 15.8. The molecule has 0 heterocycles. The maximum absolute atomic E-state index is 11.8. The smallest absolute Gasteiger partial charge is 0.217 e. The van der Waals surface area contributed by atoms with Crippen LogP contribution in [0, 0.1) is 17.3 Å². The molecule has 1 amide bonds. The van der Waals surface area contributed by atoms with Crippen molar-refractivity contribution in [1.82, 2.24) is 5.32 Å². The molecule has 0 bridgehead atoms. The van der Waals surface area contributed by atoms with Crippen LogP contribution in [0.4, 0.5) is 0 Å². The predicted molar refractivity (Wildman–Crippen MR) is 99.7 cm³/mol.